The van der Waals surface area contributed by atoms with Crippen molar-refractivity contribution in [3.63, 3.8) is 0 Å². The van der Waals surface area contributed by atoms with Crippen LogP contribution in [0.3, 0.4) is 0 Å². The summed E-state index contributed by atoms with van der Waals surface area (Å²) in [4.78, 5) is 15.9. The van der Waals surface area contributed by atoms with Crippen molar-refractivity contribution in [3.05, 3.63) is 54.2 Å². The van der Waals surface area contributed by atoms with E-state index in [1.165, 1.54) is 0 Å². The molecule has 0 radical (unpaired) electrons. The summed E-state index contributed by atoms with van der Waals surface area (Å²) in [7, 11) is 0. The molecule has 0 spiro atoms. The lowest BCUT2D eigenvalue weighted by atomic mass is 10.1. The van der Waals surface area contributed by atoms with Gasteiger partial charge in [0.2, 0.25) is 5.91 Å². The Kier molecular flexibility index (Phi) is 5.58. The molecule has 2 aromatic rings. The molecule has 5 heteroatoms. The predicted octanol–water partition coefficient (Wildman–Crippen LogP) is 1.82. The maximum Gasteiger partial charge on any atom is 0.224 e. The summed E-state index contributed by atoms with van der Waals surface area (Å²) in [6, 6.07) is 13.3. The lowest BCUT2D eigenvalue weighted by Crippen LogP contribution is -2.27. The lowest BCUT2D eigenvalue weighted by molar-refractivity contribution is -0.120. The van der Waals surface area contributed by atoms with Gasteiger partial charge in [-0.3, -0.25) is 4.79 Å². The number of hydrogen-bond donors (Lipinski definition) is 3. The van der Waals surface area contributed by atoms with Crippen molar-refractivity contribution in [2.24, 2.45) is 0 Å². The van der Waals surface area contributed by atoms with Gasteiger partial charge in [0, 0.05) is 19.3 Å². The van der Waals surface area contributed by atoms with Crippen LogP contribution in [0.1, 0.15) is 12.0 Å². The zero-order valence-corrected chi connectivity index (χ0v) is 11.9. The van der Waals surface area contributed by atoms with E-state index in [1.807, 2.05) is 30.3 Å². The van der Waals surface area contributed by atoms with Gasteiger partial charge >= 0.3 is 0 Å². The molecule has 0 aliphatic carbocycles. The van der Waals surface area contributed by atoms with Crippen LogP contribution in [-0.2, 0) is 11.2 Å². The smallest absolute Gasteiger partial charge is 0.224 e. The first kappa shape index (κ1) is 14.8. The fourth-order valence-corrected chi connectivity index (χ4v) is 1.93. The number of pyridine rings is 1. The Hall–Kier alpha value is -2.56. The third kappa shape index (κ3) is 5.14. The van der Waals surface area contributed by atoms with Crippen molar-refractivity contribution in [1.82, 2.24) is 10.3 Å². The highest BCUT2D eigenvalue weighted by Gasteiger charge is 2.02. The van der Waals surface area contributed by atoms with Crippen LogP contribution in [-0.4, -0.2) is 24.0 Å². The maximum atomic E-state index is 11.7. The molecule has 0 bridgehead atoms. The molecule has 5 nitrogen and oxygen atoms in total. The van der Waals surface area contributed by atoms with Crippen molar-refractivity contribution >= 4 is 17.4 Å². The van der Waals surface area contributed by atoms with E-state index in [0.717, 1.165) is 12.0 Å². The monoisotopic (exact) mass is 284 g/mol. The number of nitrogens with zero attached hydrogens (tertiary/aromatic N) is 1. The number of rotatable bonds is 7. The summed E-state index contributed by atoms with van der Waals surface area (Å²) >= 11 is 0. The molecule has 0 unspecified atom stereocenters. The van der Waals surface area contributed by atoms with E-state index in [-0.39, 0.29) is 5.91 Å². The lowest BCUT2D eigenvalue weighted by Gasteiger charge is -2.08. The summed E-state index contributed by atoms with van der Waals surface area (Å²) in [6.45, 7) is 1.35. The first-order valence-corrected chi connectivity index (χ1v) is 7.00. The second kappa shape index (κ2) is 7.89. The average molecular weight is 284 g/mol. The van der Waals surface area contributed by atoms with Crippen LogP contribution in [0.2, 0.25) is 0 Å². The molecule has 110 valence electrons. The number of nitrogens with two attached hydrogens (primary N) is 1. The van der Waals surface area contributed by atoms with E-state index in [9.17, 15) is 4.79 Å². The van der Waals surface area contributed by atoms with E-state index in [0.29, 0.717) is 31.0 Å². The minimum Gasteiger partial charge on any atom is -0.396 e. The van der Waals surface area contributed by atoms with Gasteiger partial charge in [0.1, 0.15) is 5.82 Å². The summed E-state index contributed by atoms with van der Waals surface area (Å²) < 4.78 is 0. The number of amides is 1. The summed E-state index contributed by atoms with van der Waals surface area (Å²) in [6.07, 6.45) is 2.93. The van der Waals surface area contributed by atoms with Crippen LogP contribution in [0.15, 0.2) is 48.7 Å². The minimum absolute atomic E-state index is 0.0403. The zero-order valence-electron chi connectivity index (χ0n) is 11.9. The molecule has 1 aromatic carbocycles. The molecular weight excluding hydrogens is 264 g/mol. The number of anilines is 2. The maximum absolute atomic E-state index is 11.7. The number of benzene rings is 1. The van der Waals surface area contributed by atoms with Crippen molar-refractivity contribution in [3.8, 4) is 0 Å². The van der Waals surface area contributed by atoms with E-state index < -0.39 is 0 Å². The van der Waals surface area contributed by atoms with Crippen molar-refractivity contribution in [2.45, 2.75) is 12.8 Å². The number of carbonyl (C=O) groups is 1. The van der Waals surface area contributed by atoms with Crippen molar-refractivity contribution in [1.29, 1.82) is 0 Å². The van der Waals surface area contributed by atoms with E-state index in [1.54, 1.807) is 18.3 Å². The Morgan fingerprint density at radius 2 is 1.90 bits per heavy atom. The van der Waals surface area contributed by atoms with E-state index in [4.69, 9.17) is 5.73 Å². The zero-order chi connectivity index (χ0) is 14.9. The van der Waals surface area contributed by atoms with Gasteiger partial charge in [0.05, 0.1) is 12.1 Å². The van der Waals surface area contributed by atoms with E-state index in [2.05, 4.69) is 15.6 Å². The quantitative estimate of drug-likeness (QED) is 0.678. The third-order valence-corrected chi connectivity index (χ3v) is 3.01. The van der Waals surface area contributed by atoms with Gasteiger partial charge in [-0.2, -0.15) is 0 Å². The normalized spacial score (nSPS) is 10.1. The Bertz CT molecular complexity index is 571. The highest BCUT2D eigenvalue weighted by Crippen LogP contribution is 2.12. The molecule has 21 heavy (non-hydrogen) atoms. The standard InChI is InChI=1S/C16H20N4O/c17-14-8-4-9-19-16(14)20-11-5-10-18-15(21)12-13-6-2-1-3-7-13/h1-4,6-9H,5,10-12,17H2,(H,18,21)(H,19,20). The highest BCUT2D eigenvalue weighted by molar-refractivity contribution is 5.78. The first-order valence-electron chi connectivity index (χ1n) is 7.00. The summed E-state index contributed by atoms with van der Waals surface area (Å²) in [5.41, 5.74) is 7.43. The highest BCUT2D eigenvalue weighted by atomic mass is 16.1. The van der Waals surface area contributed by atoms with Crippen LogP contribution in [0.5, 0.6) is 0 Å². The largest absolute Gasteiger partial charge is 0.396 e. The van der Waals surface area contributed by atoms with Crippen LogP contribution in [0.4, 0.5) is 11.5 Å². The number of nitrogens with one attached hydrogen (secondary N) is 2. The van der Waals surface area contributed by atoms with Gasteiger partial charge in [-0.1, -0.05) is 30.3 Å². The van der Waals surface area contributed by atoms with Gasteiger partial charge < -0.3 is 16.4 Å². The number of nitrogen functional groups attached to an aromatic ring is 1. The first-order chi connectivity index (χ1) is 10.3. The molecule has 1 amide bonds. The summed E-state index contributed by atoms with van der Waals surface area (Å²) in [5, 5.41) is 6.05. The molecule has 0 saturated carbocycles. The van der Waals surface area contributed by atoms with Gasteiger partial charge in [-0.25, -0.2) is 4.98 Å². The van der Waals surface area contributed by atoms with Gasteiger partial charge in [-0.15, -0.1) is 0 Å². The van der Waals surface area contributed by atoms with Crippen LogP contribution >= 0.6 is 0 Å². The Morgan fingerprint density at radius 1 is 1.10 bits per heavy atom. The van der Waals surface area contributed by atoms with Gasteiger partial charge in [0.25, 0.3) is 0 Å². The SMILES string of the molecule is Nc1cccnc1NCCCNC(=O)Cc1ccccc1. The van der Waals surface area contributed by atoms with Crippen LogP contribution < -0.4 is 16.4 Å². The molecule has 4 N–H and O–H groups in total. The van der Waals surface area contributed by atoms with Gasteiger partial charge in [-0.05, 0) is 24.1 Å². The molecular formula is C16H20N4O. The Morgan fingerprint density at radius 3 is 2.67 bits per heavy atom. The fourth-order valence-electron chi connectivity index (χ4n) is 1.93. The van der Waals surface area contributed by atoms with Crippen molar-refractivity contribution in [2.75, 3.05) is 24.1 Å². The van der Waals surface area contributed by atoms with Gasteiger partial charge in [0.15, 0.2) is 0 Å². The van der Waals surface area contributed by atoms with E-state index >= 15 is 0 Å². The minimum atomic E-state index is 0.0403. The Balaban J connectivity index is 1.62. The van der Waals surface area contributed by atoms with Crippen LogP contribution in [0, 0.1) is 0 Å². The second-order valence-electron chi connectivity index (χ2n) is 4.73. The fraction of sp³-hybridized carbons (Fsp3) is 0.250. The molecule has 0 aliphatic rings. The Labute approximate surface area is 124 Å². The topological polar surface area (TPSA) is 80.0 Å². The molecule has 0 saturated heterocycles. The number of aromatic nitrogens is 1. The number of hydrogen-bond acceptors (Lipinski definition) is 4. The predicted molar refractivity (Wildman–Crippen MR) is 84.9 cm³/mol. The second-order valence-corrected chi connectivity index (χ2v) is 4.73. The molecule has 0 atom stereocenters. The molecule has 1 aromatic heterocycles. The van der Waals surface area contributed by atoms with Crippen LogP contribution in [0.25, 0.3) is 0 Å². The molecule has 0 aliphatic heterocycles. The summed E-state index contributed by atoms with van der Waals surface area (Å²) in [5.74, 6) is 0.728. The third-order valence-electron chi connectivity index (χ3n) is 3.01. The molecule has 2 rings (SSSR count). The molecule has 1 heterocycles. The number of carbonyl (C=O) groups excluding carboxylic acids is 1. The molecule has 0 fully saturated rings. The van der Waals surface area contributed by atoms with Crippen molar-refractivity contribution < 1.29 is 4.79 Å². The average Bonchev–Trinajstić information content (AvgIpc) is 2.50.